The second kappa shape index (κ2) is 4.81. The van der Waals surface area contributed by atoms with Gasteiger partial charge in [-0.2, -0.15) is 5.10 Å². The van der Waals surface area contributed by atoms with Crippen molar-refractivity contribution in [3.63, 3.8) is 0 Å². The molecule has 2 bridgehead atoms. The molecule has 3 rings (SSSR count). The SMILES string of the molecule is CC(C)(C)c1cc(C(C)(C)C)n(C(=O)[C@H]2C[C@@H]3C=C[C@H]2C3)n1. The summed E-state index contributed by atoms with van der Waals surface area (Å²) in [6, 6.07) is 2.13. The largest absolute Gasteiger partial charge is 0.272 e. The lowest BCUT2D eigenvalue weighted by Gasteiger charge is -2.23. The van der Waals surface area contributed by atoms with E-state index in [9.17, 15) is 4.79 Å². The lowest BCUT2D eigenvalue weighted by Crippen LogP contribution is -2.30. The molecule has 1 heterocycles. The molecule has 3 heteroatoms. The highest BCUT2D eigenvalue weighted by Gasteiger charge is 2.42. The van der Waals surface area contributed by atoms with Crippen LogP contribution in [0.3, 0.4) is 0 Å². The van der Waals surface area contributed by atoms with Gasteiger partial charge < -0.3 is 0 Å². The van der Waals surface area contributed by atoms with Crippen LogP contribution in [0.5, 0.6) is 0 Å². The summed E-state index contributed by atoms with van der Waals surface area (Å²) in [4.78, 5) is 13.1. The molecule has 2 aliphatic rings. The smallest absolute Gasteiger partial charge is 0.250 e. The average molecular weight is 300 g/mol. The van der Waals surface area contributed by atoms with Gasteiger partial charge in [-0.15, -0.1) is 0 Å². The highest BCUT2D eigenvalue weighted by Crippen LogP contribution is 2.44. The molecule has 2 aliphatic carbocycles. The highest BCUT2D eigenvalue weighted by atomic mass is 16.2. The van der Waals surface area contributed by atoms with E-state index in [4.69, 9.17) is 5.10 Å². The zero-order valence-corrected chi connectivity index (χ0v) is 14.7. The minimum atomic E-state index is -0.0837. The molecule has 120 valence electrons. The van der Waals surface area contributed by atoms with Gasteiger partial charge in [0.15, 0.2) is 0 Å². The van der Waals surface area contributed by atoms with Crippen molar-refractivity contribution in [1.29, 1.82) is 0 Å². The first kappa shape index (κ1) is 15.5. The molecule has 3 nitrogen and oxygen atoms in total. The van der Waals surface area contributed by atoms with Gasteiger partial charge in [-0.05, 0) is 30.7 Å². The molecule has 22 heavy (non-hydrogen) atoms. The molecule has 1 aromatic rings. The Morgan fingerprint density at radius 2 is 1.77 bits per heavy atom. The van der Waals surface area contributed by atoms with Crippen molar-refractivity contribution in [3.8, 4) is 0 Å². The van der Waals surface area contributed by atoms with Gasteiger partial charge in [0, 0.05) is 16.7 Å². The molecule has 0 radical (unpaired) electrons. The Morgan fingerprint density at radius 1 is 1.09 bits per heavy atom. The first-order valence-corrected chi connectivity index (χ1v) is 8.41. The fourth-order valence-electron chi connectivity index (χ4n) is 3.67. The van der Waals surface area contributed by atoms with Gasteiger partial charge in [-0.1, -0.05) is 53.7 Å². The number of fused-ring (bicyclic) bond motifs is 2. The normalized spacial score (nSPS) is 27.6. The number of hydrogen-bond donors (Lipinski definition) is 0. The summed E-state index contributed by atoms with van der Waals surface area (Å²) in [7, 11) is 0. The van der Waals surface area contributed by atoms with Crippen LogP contribution in [0.2, 0.25) is 0 Å². The predicted octanol–water partition coefficient (Wildman–Crippen LogP) is 4.33. The van der Waals surface area contributed by atoms with Crippen LogP contribution in [-0.4, -0.2) is 15.7 Å². The molecule has 0 saturated heterocycles. The molecule has 0 aliphatic heterocycles. The van der Waals surface area contributed by atoms with E-state index >= 15 is 0 Å². The van der Waals surface area contributed by atoms with Crippen molar-refractivity contribution in [2.24, 2.45) is 17.8 Å². The van der Waals surface area contributed by atoms with Crippen LogP contribution in [0, 0.1) is 17.8 Å². The van der Waals surface area contributed by atoms with Crippen LogP contribution in [0.4, 0.5) is 0 Å². The molecule has 1 fully saturated rings. The van der Waals surface area contributed by atoms with E-state index in [-0.39, 0.29) is 22.7 Å². The fraction of sp³-hybridized carbons (Fsp3) is 0.684. The Hall–Kier alpha value is -1.38. The Bertz CT molecular complexity index is 625. The van der Waals surface area contributed by atoms with E-state index < -0.39 is 0 Å². The number of allylic oxidation sites excluding steroid dienone is 2. The summed E-state index contributed by atoms with van der Waals surface area (Å²) in [5.74, 6) is 1.34. The second-order valence-electron chi connectivity index (χ2n) is 9.05. The maximum absolute atomic E-state index is 13.1. The van der Waals surface area contributed by atoms with E-state index in [2.05, 4.69) is 59.8 Å². The first-order valence-electron chi connectivity index (χ1n) is 8.41. The standard InChI is InChI=1S/C19H28N2O/c1-18(2,3)15-11-16(19(4,5)6)21(20-15)17(22)14-10-12-7-8-13(14)9-12/h7-8,11-14H,9-10H2,1-6H3/t12-,13+,14+/m1/s1. The molecule has 1 saturated carbocycles. The summed E-state index contributed by atoms with van der Waals surface area (Å²) in [5, 5.41) is 4.72. The highest BCUT2D eigenvalue weighted by molar-refractivity contribution is 5.82. The van der Waals surface area contributed by atoms with Crippen molar-refractivity contribution in [2.75, 3.05) is 0 Å². The van der Waals surface area contributed by atoms with Gasteiger partial charge in [0.25, 0.3) is 5.91 Å². The minimum Gasteiger partial charge on any atom is -0.272 e. The number of nitrogens with zero attached hydrogens (tertiary/aromatic N) is 2. The van der Waals surface area contributed by atoms with Crippen LogP contribution >= 0.6 is 0 Å². The second-order valence-corrected chi connectivity index (χ2v) is 9.05. The van der Waals surface area contributed by atoms with E-state index in [0.717, 1.165) is 24.2 Å². The zero-order valence-electron chi connectivity index (χ0n) is 14.7. The van der Waals surface area contributed by atoms with E-state index in [1.165, 1.54) is 0 Å². The fourth-order valence-corrected chi connectivity index (χ4v) is 3.67. The predicted molar refractivity (Wildman–Crippen MR) is 89.1 cm³/mol. The van der Waals surface area contributed by atoms with Gasteiger partial charge in [-0.3, -0.25) is 4.79 Å². The lowest BCUT2D eigenvalue weighted by atomic mass is 9.87. The summed E-state index contributed by atoms with van der Waals surface area (Å²) >= 11 is 0. The van der Waals surface area contributed by atoms with Crippen LogP contribution in [0.15, 0.2) is 18.2 Å². The van der Waals surface area contributed by atoms with E-state index in [0.29, 0.717) is 11.8 Å². The van der Waals surface area contributed by atoms with Crippen LogP contribution in [0.1, 0.15) is 70.6 Å². The molecule has 0 spiro atoms. The average Bonchev–Trinajstić information content (AvgIpc) is 3.09. The van der Waals surface area contributed by atoms with Crippen molar-refractivity contribution in [1.82, 2.24) is 9.78 Å². The molecule has 0 aromatic carbocycles. The number of carbonyl (C=O) groups excluding carboxylic acids is 1. The maximum Gasteiger partial charge on any atom is 0.250 e. The summed E-state index contributed by atoms with van der Waals surface area (Å²) in [6.07, 6.45) is 6.66. The number of rotatable bonds is 1. The monoisotopic (exact) mass is 300 g/mol. The number of hydrogen-bond acceptors (Lipinski definition) is 2. The molecule has 3 atom stereocenters. The van der Waals surface area contributed by atoms with Crippen LogP contribution in [-0.2, 0) is 10.8 Å². The van der Waals surface area contributed by atoms with Gasteiger partial charge in [0.05, 0.1) is 11.4 Å². The molecular formula is C19H28N2O. The molecule has 0 amide bonds. The molecule has 1 aromatic heterocycles. The van der Waals surface area contributed by atoms with Gasteiger partial charge in [-0.25, -0.2) is 4.68 Å². The minimum absolute atomic E-state index is 0.0416. The molecule has 0 unspecified atom stereocenters. The van der Waals surface area contributed by atoms with Gasteiger partial charge >= 0.3 is 0 Å². The summed E-state index contributed by atoms with van der Waals surface area (Å²) in [6.45, 7) is 12.9. The molecule has 0 N–H and O–H groups in total. The Kier molecular flexibility index (Phi) is 3.39. The quantitative estimate of drug-likeness (QED) is 0.724. The Morgan fingerprint density at radius 3 is 2.23 bits per heavy atom. The Labute approximate surface area is 133 Å². The van der Waals surface area contributed by atoms with Crippen molar-refractivity contribution < 1.29 is 4.79 Å². The van der Waals surface area contributed by atoms with Crippen molar-refractivity contribution >= 4 is 5.91 Å². The third kappa shape index (κ3) is 2.55. The van der Waals surface area contributed by atoms with Crippen molar-refractivity contribution in [3.05, 3.63) is 29.6 Å². The summed E-state index contributed by atoms with van der Waals surface area (Å²) < 4.78 is 1.72. The third-order valence-corrected chi connectivity index (χ3v) is 5.05. The third-order valence-electron chi connectivity index (χ3n) is 5.05. The zero-order chi connectivity index (χ0) is 16.3. The van der Waals surface area contributed by atoms with Gasteiger partial charge in [0.1, 0.15) is 0 Å². The summed E-state index contributed by atoms with van der Waals surface area (Å²) in [5.41, 5.74) is 1.92. The maximum atomic E-state index is 13.1. The van der Waals surface area contributed by atoms with E-state index in [1.807, 2.05) is 0 Å². The van der Waals surface area contributed by atoms with Crippen molar-refractivity contribution in [2.45, 2.75) is 65.2 Å². The molecular weight excluding hydrogens is 272 g/mol. The first-order chi connectivity index (χ1) is 10.1. The van der Waals surface area contributed by atoms with Crippen LogP contribution in [0.25, 0.3) is 0 Å². The van der Waals surface area contributed by atoms with Crippen LogP contribution < -0.4 is 0 Å². The topological polar surface area (TPSA) is 34.9 Å². The lowest BCUT2D eigenvalue weighted by molar-refractivity contribution is 0.0787. The van der Waals surface area contributed by atoms with E-state index in [1.54, 1.807) is 4.68 Å². The number of aromatic nitrogens is 2. The van der Waals surface area contributed by atoms with Gasteiger partial charge in [0.2, 0.25) is 0 Å². The Balaban J connectivity index is 2.00. The number of carbonyl (C=O) groups is 1.